The molecule has 1 aromatic heterocycles. The highest BCUT2D eigenvalue weighted by molar-refractivity contribution is 6.06. The Bertz CT molecular complexity index is 1420. The van der Waals surface area contributed by atoms with E-state index in [0.29, 0.717) is 17.2 Å². The average molecular weight is 470 g/mol. The second-order valence-electron chi connectivity index (χ2n) is 7.46. The van der Waals surface area contributed by atoms with Gasteiger partial charge in [-0.25, -0.2) is 9.97 Å². The highest BCUT2D eigenvalue weighted by Gasteiger charge is 2.24. The number of nitrogens with zero attached hydrogens (tertiary/aromatic N) is 4. The van der Waals surface area contributed by atoms with Crippen LogP contribution in [0.25, 0.3) is 11.3 Å². The molecule has 0 saturated heterocycles. The minimum absolute atomic E-state index is 0.0365. The summed E-state index contributed by atoms with van der Waals surface area (Å²) in [6.45, 7) is 1.37. The molecule has 0 radical (unpaired) electrons. The average Bonchev–Trinajstić information content (AvgIpc) is 2.85. The molecule has 0 aliphatic rings. The lowest BCUT2D eigenvalue weighted by molar-refractivity contribution is -0.394. The Balaban J connectivity index is 1.50. The van der Waals surface area contributed by atoms with Crippen LogP contribution in [-0.4, -0.2) is 25.7 Å². The Morgan fingerprint density at radius 1 is 0.857 bits per heavy atom. The van der Waals surface area contributed by atoms with Crippen molar-refractivity contribution < 1.29 is 14.6 Å². The second-order valence-corrected chi connectivity index (χ2v) is 7.46. The number of benzene rings is 3. The molecular weight excluding hydrogens is 452 g/mol. The first kappa shape index (κ1) is 23.0. The van der Waals surface area contributed by atoms with Crippen molar-refractivity contribution >= 4 is 34.5 Å². The molecule has 174 valence electrons. The maximum Gasteiger partial charge on any atom is 0.279 e. The van der Waals surface area contributed by atoms with Crippen molar-refractivity contribution in [3.05, 3.63) is 110 Å². The molecule has 1 amide bonds. The summed E-state index contributed by atoms with van der Waals surface area (Å²) in [4.78, 5) is 42.1. The van der Waals surface area contributed by atoms with Crippen LogP contribution >= 0.6 is 0 Å². The molecule has 3 aromatic carbocycles. The molecule has 0 saturated carbocycles. The number of anilines is 3. The summed E-state index contributed by atoms with van der Waals surface area (Å²) in [6, 6.07) is 20.0. The number of carbonyl (C=O) groups excluding carboxylic acids is 1. The highest BCUT2D eigenvalue weighted by atomic mass is 16.6. The molecule has 0 atom stereocenters. The van der Waals surface area contributed by atoms with Gasteiger partial charge >= 0.3 is 0 Å². The third kappa shape index (κ3) is 5.25. The number of nitro benzene ring substituents is 2. The molecular formula is C24H18N6O5. The zero-order valence-electron chi connectivity index (χ0n) is 18.3. The molecule has 0 bridgehead atoms. The van der Waals surface area contributed by atoms with Crippen molar-refractivity contribution in [2.75, 3.05) is 10.6 Å². The van der Waals surface area contributed by atoms with Crippen molar-refractivity contribution in [1.82, 2.24) is 9.97 Å². The number of rotatable bonds is 7. The van der Waals surface area contributed by atoms with Crippen LogP contribution in [0.4, 0.5) is 28.6 Å². The molecule has 4 rings (SSSR count). The first-order valence-corrected chi connectivity index (χ1v) is 10.3. The van der Waals surface area contributed by atoms with Crippen LogP contribution in [0, 0.1) is 27.2 Å². The molecule has 0 aliphatic heterocycles. The number of carbonyl (C=O) groups is 1. The maximum atomic E-state index is 12.7. The van der Waals surface area contributed by atoms with E-state index in [-0.39, 0.29) is 11.1 Å². The number of nitro groups is 2. The normalized spacial score (nSPS) is 10.4. The Kier molecular flexibility index (Phi) is 6.40. The Morgan fingerprint density at radius 2 is 1.54 bits per heavy atom. The van der Waals surface area contributed by atoms with E-state index in [1.165, 1.54) is 13.3 Å². The fourth-order valence-electron chi connectivity index (χ4n) is 3.39. The van der Waals surface area contributed by atoms with Gasteiger partial charge in [-0.1, -0.05) is 30.3 Å². The van der Waals surface area contributed by atoms with Crippen molar-refractivity contribution in [1.29, 1.82) is 0 Å². The summed E-state index contributed by atoms with van der Waals surface area (Å²) in [5.41, 5.74) is 1.66. The summed E-state index contributed by atoms with van der Waals surface area (Å²) in [6.07, 6.45) is 1.46. The lowest BCUT2D eigenvalue weighted by Crippen LogP contribution is -2.14. The van der Waals surface area contributed by atoms with E-state index in [1.54, 1.807) is 24.3 Å². The third-order valence-electron chi connectivity index (χ3n) is 5.17. The monoisotopic (exact) mass is 470 g/mol. The zero-order chi connectivity index (χ0) is 24.9. The van der Waals surface area contributed by atoms with Gasteiger partial charge in [-0.05, 0) is 31.2 Å². The number of nitrogens with one attached hydrogen (secondary N) is 2. The molecule has 35 heavy (non-hydrogen) atoms. The summed E-state index contributed by atoms with van der Waals surface area (Å²) in [7, 11) is 0. The summed E-state index contributed by atoms with van der Waals surface area (Å²) >= 11 is 0. The molecule has 11 nitrogen and oxygen atoms in total. The second kappa shape index (κ2) is 9.75. The van der Waals surface area contributed by atoms with E-state index in [1.807, 2.05) is 36.4 Å². The van der Waals surface area contributed by atoms with Gasteiger partial charge in [0.05, 0.1) is 27.2 Å². The lowest BCUT2D eigenvalue weighted by Gasteiger charge is -2.10. The van der Waals surface area contributed by atoms with Crippen molar-refractivity contribution in [2.45, 2.75) is 6.92 Å². The molecule has 2 N–H and O–H groups in total. The number of hydrogen-bond acceptors (Lipinski definition) is 8. The van der Waals surface area contributed by atoms with E-state index < -0.39 is 27.1 Å². The van der Waals surface area contributed by atoms with Gasteiger partial charge in [0.25, 0.3) is 17.3 Å². The van der Waals surface area contributed by atoms with Gasteiger partial charge in [-0.15, -0.1) is 0 Å². The quantitative estimate of drug-likeness (QED) is 0.274. The SMILES string of the molecule is Cc1c(C(=O)Nc2ccc(Nc3cc(-c4ccccc4)ncn3)cc2)cc([N+](=O)[O-])cc1[N+](=O)[O-]. The zero-order valence-corrected chi connectivity index (χ0v) is 18.3. The van der Waals surface area contributed by atoms with Gasteiger partial charge in [0.2, 0.25) is 0 Å². The Morgan fingerprint density at radius 3 is 2.20 bits per heavy atom. The van der Waals surface area contributed by atoms with E-state index >= 15 is 0 Å². The van der Waals surface area contributed by atoms with Gasteiger partial charge in [0.1, 0.15) is 12.1 Å². The first-order chi connectivity index (χ1) is 16.8. The highest BCUT2D eigenvalue weighted by Crippen LogP contribution is 2.29. The largest absolute Gasteiger partial charge is 0.340 e. The van der Waals surface area contributed by atoms with E-state index in [9.17, 15) is 25.0 Å². The predicted molar refractivity (Wildman–Crippen MR) is 130 cm³/mol. The fourth-order valence-corrected chi connectivity index (χ4v) is 3.39. The van der Waals surface area contributed by atoms with Gasteiger partial charge < -0.3 is 10.6 Å². The van der Waals surface area contributed by atoms with Gasteiger partial charge in [-0.3, -0.25) is 25.0 Å². The van der Waals surface area contributed by atoms with Crippen LogP contribution < -0.4 is 10.6 Å². The molecule has 1 heterocycles. The lowest BCUT2D eigenvalue weighted by atomic mass is 10.0. The van der Waals surface area contributed by atoms with Crippen molar-refractivity contribution in [3.63, 3.8) is 0 Å². The topological polar surface area (TPSA) is 153 Å². The van der Waals surface area contributed by atoms with Crippen LogP contribution in [0.1, 0.15) is 15.9 Å². The summed E-state index contributed by atoms with van der Waals surface area (Å²) in [5.74, 6) is -0.117. The van der Waals surface area contributed by atoms with Gasteiger partial charge in [-0.2, -0.15) is 0 Å². The minimum atomic E-state index is -0.778. The van der Waals surface area contributed by atoms with E-state index in [2.05, 4.69) is 20.6 Å². The maximum absolute atomic E-state index is 12.7. The summed E-state index contributed by atoms with van der Waals surface area (Å²) in [5, 5.41) is 28.2. The number of amides is 1. The van der Waals surface area contributed by atoms with Crippen molar-refractivity contribution in [2.24, 2.45) is 0 Å². The van der Waals surface area contributed by atoms with E-state index in [0.717, 1.165) is 23.4 Å². The molecule has 11 heteroatoms. The standard InChI is InChI=1S/C24H18N6O5/c1-15-20(11-19(29(32)33)12-22(15)30(34)35)24(31)28-18-9-7-17(8-10-18)27-23-13-21(25-14-26-23)16-5-3-2-4-6-16/h2-14H,1H3,(H,28,31)(H,25,26,27). The Hall–Kier alpha value is -5.19. The smallest absolute Gasteiger partial charge is 0.279 e. The van der Waals surface area contributed by atoms with Gasteiger partial charge in [0, 0.05) is 34.6 Å². The first-order valence-electron chi connectivity index (χ1n) is 10.3. The van der Waals surface area contributed by atoms with Crippen LogP contribution in [0.2, 0.25) is 0 Å². The number of non-ortho nitro benzene ring substituents is 1. The van der Waals surface area contributed by atoms with Crippen LogP contribution in [0.15, 0.2) is 79.1 Å². The van der Waals surface area contributed by atoms with Gasteiger partial charge in [0.15, 0.2) is 0 Å². The van der Waals surface area contributed by atoms with E-state index in [4.69, 9.17) is 0 Å². The molecule has 4 aromatic rings. The minimum Gasteiger partial charge on any atom is -0.340 e. The fraction of sp³-hybridized carbons (Fsp3) is 0.0417. The van der Waals surface area contributed by atoms with Crippen LogP contribution in [0.5, 0.6) is 0 Å². The number of aromatic nitrogens is 2. The summed E-state index contributed by atoms with van der Waals surface area (Å²) < 4.78 is 0. The molecule has 0 aliphatic carbocycles. The van der Waals surface area contributed by atoms with Crippen LogP contribution in [-0.2, 0) is 0 Å². The van der Waals surface area contributed by atoms with Crippen LogP contribution in [0.3, 0.4) is 0 Å². The van der Waals surface area contributed by atoms with Crippen molar-refractivity contribution in [3.8, 4) is 11.3 Å². The third-order valence-corrected chi connectivity index (χ3v) is 5.17. The molecule has 0 fully saturated rings. The predicted octanol–water partition coefficient (Wildman–Crippen LogP) is 5.26. The molecule has 0 spiro atoms. The number of hydrogen-bond donors (Lipinski definition) is 2. The Labute approximate surface area is 198 Å². The molecule has 0 unspecified atom stereocenters.